The molecule has 1 aromatic heterocycles. The lowest BCUT2D eigenvalue weighted by molar-refractivity contribution is 0.0562. The molecule has 0 radical (unpaired) electrons. The zero-order chi connectivity index (χ0) is 32.4. The molecule has 1 unspecified atom stereocenters. The Morgan fingerprint density at radius 2 is 1.39 bits per heavy atom. The summed E-state index contributed by atoms with van der Waals surface area (Å²) in [6.45, 7) is 0.174. The summed E-state index contributed by atoms with van der Waals surface area (Å²) in [6, 6.07) is 37.9. The van der Waals surface area contributed by atoms with Crippen LogP contribution in [0.4, 0.5) is 4.79 Å². The summed E-state index contributed by atoms with van der Waals surface area (Å²) in [5.74, 6) is -0.465. The van der Waals surface area contributed by atoms with Gasteiger partial charge in [0.25, 0.3) is 0 Å². The van der Waals surface area contributed by atoms with Gasteiger partial charge in [0, 0.05) is 17.8 Å². The Bertz CT molecular complexity index is 1700. The van der Waals surface area contributed by atoms with Gasteiger partial charge in [0.1, 0.15) is 17.4 Å². The third-order valence-electron chi connectivity index (χ3n) is 7.88. The topological polar surface area (TPSA) is 111 Å². The van der Waals surface area contributed by atoms with E-state index in [-0.39, 0.29) is 13.0 Å². The first kappa shape index (κ1) is 32.9. The number of hydrogen-bond acceptors (Lipinski definition) is 5. The van der Waals surface area contributed by atoms with Crippen molar-refractivity contribution in [3.8, 4) is 0 Å². The van der Waals surface area contributed by atoms with Gasteiger partial charge in [-0.2, -0.15) is 0 Å². The highest BCUT2D eigenvalue weighted by molar-refractivity contribution is 7.89. The highest BCUT2D eigenvalue weighted by Crippen LogP contribution is 2.40. The molecule has 1 heterocycles. The van der Waals surface area contributed by atoms with Gasteiger partial charge in [-0.1, -0.05) is 115 Å². The Hall–Kier alpha value is -4.44. The maximum atomic E-state index is 12.8. The summed E-state index contributed by atoms with van der Waals surface area (Å²) < 4.78 is 35.3. The Morgan fingerprint density at radius 3 is 1.91 bits per heavy atom. The molecule has 0 fully saturated rings. The Morgan fingerprint density at radius 1 is 0.848 bits per heavy atom. The Labute approximate surface area is 274 Å². The maximum Gasteiger partial charge on any atom is 0.506 e. The molecular formula is C36H36ClN3O5S. The smallest absolute Gasteiger partial charge is 0.450 e. The Balaban J connectivity index is 1.31. The lowest BCUT2D eigenvalue weighted by Gasteiger charge is -2.37. The summed E-state index contributed by atoms with van der Waals surface area (Å²) in [5, 5.41) is 9.90. The second-order valence-electron chi connectivity index (χ2n) is 11.0. The zero-order valence-corrected chi connectivity index (χ0v) is 26.8. The summed E-state index contributed by atoms with van der Waals surface area (Å²) in [7, 11) is -3.79. The third-order valence-corrected chi connectivity index (χ3v) is 9.59. The van der Waals surface area contributed by atoms with Crippen molar-refractivity contribution in [1.29, 1.82) is 0 Å². The molecule has 0 amide bonds. The highest BCUT2D eigenvalue weighted by atomic mass is 35.5. The number of aromatic nitrogens is 2. The van der Waals surface area contributed by atoms with Crippen molar-refractivity contribution in [2.75, 3.05) is 12.3 Å². The van der Waals surface area contributed by atoms with Crippen molar-refractivity contribution in [3.05, 3.63) is 161 Å². The van der Waals surface area contributed by atoms with E-state index in [0.29, 0.717) is 24.3 Å². The molecule has 0 bridgehead atoms. The van der Waals surface area contributed by atoms with Gasteiger partial charge in [-0.25, -0.2) is 22.9 Å². The molecular weight excluding hydrogens is 622 g/mol. The molecule has 8 nitrogen and oxygen atoms in total. The zero-order valence-electron chi connectivity index (χ0n) is 25.2. The first-order valence-electron chi connectivity index (χ1n) is 15.1. The average molecular weight is 658 g/mol. The molecule has 1 atom stereocenters. The van der Waals surface area contributed by atoms with E-state index < -0.39 is 33.6 Å². The highest BCUT2D eigenvalue weighted by Gasteiger charge is 2.38. The molecule has 46 heavy (non-hydrogen) atoms. The van der Waals surface area contributed by atoms with E-state index >= 15 is 0 Å². The van der Waals surface area contributed by atoms with E-state index in [1.54, 1.807) is 12.1 Å². The Kier molecular flexibility index (Phi) is 10.9. The molecule has 0 aliphatic rings. The number of ether oxygens (including phenoxy) is 1. The molecule has 0 aliphatic heterocycles. The molecule has 5 aromatic rings. The monoisotopic (exact) mass is 657 g/mol. The maximum absolute atomic E-state index is 12.8. The number of nitrogens with zero attached hydrogens (tertiary/aromatic N) is 2. The predicted octanol–water partition coefficient (Wildman–Crippen LogP) is 6.92. The second-order valence-corrected chi connectivity index (χ2v) is 13.3. The van der Waals surface area contributed by atoms with Crippen LogP contribution in [0.5, 0.6) is 0 Å². The second kappa shape index (κ2) is 15.2. The first-order chi connectivity index (χ1) is 22.3. The summed E-state index contributed by atoms with van der Waals surface area (Å²) >= 11 is 5.92. The fourth-order valence-electron chi connectivity index (χ4n) is 5.80. The normalized spacial score (nSPS) is 12.5. The standard InChI is InChI=1S/C36H36ClN3O5S/c37-32-21-19-28(20-22-32)23-24-39-46(43,44)26-34(45-35(41)42)18-10-17-33-25-40(27-38-33)36(29-11-4-1-5-12-29,30-13-6-2-7-14-30)31-15-8-3-9-16-31/h1-9,11-16,19-22,25,27,34,39H,10,17-18,23-24,26H2,(H,41,42). The number of imidazole rings is 1. The van der Waals surface area contributed by atoms with Crippen molar-refractivity contribution < 1.29 is 23.1 Å². The van der Waals surface area contributed by atoms with E-state index in [2.05, 4.69) is 45.7 Å². The van der Waals surface area contributed by atoms with Gasteiger partial charge in [0.15, 0.2) is 0 Å². The van der Waals surface area contributed by atoms with Gasteiger partial charge in [0.05, 0.1) is 12.0 Å². The summed E-state index contributed by atoms with van der Waals surface area (Å²) in [5.41, 5.74) is 4.24. The molecule has 0 aliphatic carbocycles. The fourth-order valence-corrected chi connectivity index (χ4v) is 7.18. The van der Waals surface area contributed by atoms with Crippen LogP contribution in [0.15, 0.2) is 128 Å². The molecule has 5 rings (SSSR count). The fraction of sp³-hybridized carbons (Fsp3) is 0.222. The number of rotatable bonds is 15. The molecule has 0 saturated carbocycles. The molecule has 0 saturated heterocycles. The summed E-state index contributed by atoms with van der Waals surface area (Å²) in [4.78, 5) is 16.1. The minimum Gasteiger partial charge on any atom is -0.450 e. The first-order valence-corrected chi connectivity index (χ1v) is 17.1. The number of carbonyl (C=O) groups is 1. The van der Waals surface area contributed by atoms with Crippen molar-refractivity contribution in [2.45, 2.75) is 37.3 Å². The molecule has 2 N–H and O–H groups in total. The lowest BCUT2D eigenvalue weighted by Crippen LogP contribution is -2.36. The lowest BCUT2D eigenvalue weighted by atomic mass is 9.77. The number of aryl methyl sites for hydroxylation is 1. The molecule has 238 valence electrons. The average Bonchev–Trinajstić information content (AvgIpc) is 3.52. The van der Waals surface area contributed by atoms with Crippen molar-refractivity contribution in [2.24, 2.45) is 0 Å². The number of sulfonamides is 1. The van der Waals surface area contributed by atoms with Crippen LogP contribution in [-0.2, 0) is 33.1 Å². The van der Waals surface area contributed by atoms with Gasteiger partial charge in [-0.15, -0.1) is 0 Å². The number of hydrogen-bond donors (Lipinski definition) is 2. The van der Waals surface area contributed by atoms with Gasteiger partial charge >= 0.3 is 6.16 Å². The van der Waals surface area contributed by atoms with E-state index in [9.17, 15) is 18.3 Å². The molecule has 10 heteroatoms. The van der Waals surface area contributed by atoms with Crippen LogP contribution < -0.4 is 4.72 Å². The van der Waals surface area contributed by atoms with Crippen molar-refractivity contribution in [3.63, 3.8) is 0 Å². The van der Waals surface area contributed by atoms with Crippen LogP contribution >= 0.6 is 11.6 Å². The number of nitrogens with one attached hydrogen (secondary N) is 1. The van der Waals surface area contributed by atoms with Crippen molar-refractivity contribution in [1.82, 2.24) is 14.3 Å². The van der Waals surface area contributed by atoms with Gasteiger partial charge in [0.2, 0.25) is 10.0 Å². The van der Waals surface area contributed by atoms with E-state index in [0.717, 1.165) is 27.9 Å². The van der Waals surface area contributed by atoms with Crippen LogP contribution in [0.3, 0.4) is 0 Å². The van der Waals surface area contributed by atoms with E-state index in [4.69, 9.17) is 21.3 Å². The number of benzene rings is 4. The van der Waals surface area contributed by atoms with Crippen LogP contribution in [0.1, 0.15) is 40.8 Å². The summed E-state index contributed by atoms with van der Waals surface area (Å²) in [6.07, 6.45) is 2.97. The largest absolute Gasteiger partial charge is 0.506 e. The quantitative estimate of drug-likeness (QED) is 0.0934. The van der Waals surface area contributed by atoms with Crippen molar-refractivity contribution >= 4 is 27.8 Å². The van der Waals surface area contributed by atoms with Crippen LogP contribution in [0, 0.1) is 0 Å². The SMILES string of the molecule is O=C(O)OC(CCCc1cn(C(c2ccccc2)(c2ccccc2)c2ccccc2)cn1)CS(=O)(=O)NCCc1ccc(Cl)cc1. The van der Waals surface area contributed by atoms with Crippen LogP contribution in [0.2, 0.25) is 5.02 Å². The number of halogens is 1. The van der Waals surface area contributed by atoms with Gasteiger partial charge in [-0.05, 0) is 60.1 Å². The number of carboxylic acid groups (broad SMARTS) is 1. The van der Waals surface area contributed by atoms with E-state index in [1.807, 2.05) is 79.3 Å². The molecule has 0 spiro atoms. The van der Waals surface area contributed by atoms with Gasteiger partial charge in [-0.3, -0.25) is 0 Å². The minimum absolute atomic E-state index is 0.174. The molecule has 4 aromatic carbocycles. The van der Waals surface area contributed by atoms with E-state index in [1.165, 1.54) is 0 Å². The predicted molar refractivity (Wildman–Crippen MR) is 180 cm³/mol. The minimum atomic E-state index is -3.79. The third kappa shape index (κ3) is 8.23. The van der Waals surface area contributed by atoms with Gasteiger partial charge < -0.3 is 14.4 Å². The van der Waals surface area contributed by atoms with Crippen LogP contribution in [0.25, 0.3) is 0 Å². The van der Waals surface area contributed by atoms with Crippen LogP contribution in [-0.4, -0.2) is 47.6 Å².